The fourth-order valence-corrected chi connectivity index (χ4v) is 3.71. The predicted molar refractivity (Wildman–Crippen MR) is 102 cm³/mol. The van der Waals surface area contributed by atoms with Gasteiger partial charge in [-0.25, -0.2) is 0 Å². The lowest BCUT2D eigenvalue weighted by atomic mass is 10.0. The van der Waals surface area contributed by atoms with E-state index in [0.717, 1.165) is 23.4 Å². The number of nitrogens with one attached hydrogen (secondary N) is 1. The number of amides is 2. The summed E-state index contributed by atoms with van der Waals surface area (Å²) in [6.07, 6.45) is 0.346. The molecule has 1 unspecified atom stereocenters. The third-order valence-corrected chi connectivity index (χ3v) is 5.24. The summed E-state index contributed by atoms with van der Waals surface area (Å²) in [5.41, 5.74) is 3.41. The molecule has 5 heteroatoms. The van der Waals surface area contributed by atoms with Gasteiger partial charge in [-0.15, -0.1) is 0 Å². The number of carbonyl (C=O) groups excluding carboxylic acids is 2. The van der Waals surface area contributed by atoms with Crippen LogP contribution in [0.5, 0.6) is 0 Å². The van der Waals surface area contributed by atoms with Gasteiger partial charge < -0.3 is 10.2 Å². The Kier molecular flexibility index (Phi) is 5.76. The third-order valence-electron chi connectivity index (χ3n) is 4.35. The van der Waals surface area contributed by atoms with Gasteiger partial charge in [0.05, 0.1) is 6.04 Å². The SMILES string of the molecule is CC(NC(=O)CCN1CCSC1=O)c1ccc(-c2ccccc2)cc1. The van der Waals surface area contributed by atoms with Gasteiger partial charge in [0.2, 0.25) is 5.91 Å². The Morgan fingerprint density at radius 1 is 1.12 bits per heavy atom. The van der Waals surface area contributed by atoms with Gasteiger partial charge >= 0.3 is 0 Å². The number of rotatable bonds is 6. The van der Waals surface area contributed by atoms with Gasteiger partial charge in [0, 0.05) is 25.3 Å². The molecule has 0 saturated carbocycles. The average Bonchev–Trinajstić information content (AvgIpc) is 3.06. The van der Waals surface area contributed by atoms with Gasteiger partial charge in [0.15, 0.2) is 0 Å². The van der Waals surface area contributed by atoms with Crippen LogP contribution in [0.15, 0.2) is 54.6 Å². The van der Waals surface area contributed by atoms with Crippen molar-refractivity contribution in [3.8, 4) is 11.1 Å². The van der Waals surface area contributed by atoms with Crippen molar-refractivity contribution < 1.29 is 9.59 Å². The van der Waals surface area contributed by atoms with Crippen LogP contribution in [-0.4, -0.2) is 34.9 Å². The summed E-state index contributed by atoms with van der Waals surface area (Å²) >= 11 is 1.32. The number of carbonyl (C=O) groups is 2. The third kappa shape index (κ3) is 4.63. The Morgan fingerprint density at radius 3 is 2.44 bits per heavy atom. The molecule has 0 spiro atoms. The number of benzene rings is 2. The van der Waals surface area contributed by atoms with Crippen LogP contribution in [0.3, 0.4) is 0 Å². The van der Waals surface area contributed by atoms with Gasteiger partial charge in [-0.1, -0.05) is 66.4 Å². The summed E-state index contributed by atoms with van der Waals surface area (Å²) < 4.78 is 0. The largest absolute Gasteiger partial charge is 0.350 e. The maximum atomic E-state index is 12.1. The highest BCUT2D eigenvalue weighted by Crippen LogP contribution is 2.22. The molecule has 1 fully saturated rings. The molecule has 2 aromatic carbocycles. The second kappa shape index (κ2) is 8.21. The van der Waals surface area contributed by atoms with Crippen LogP contribution < -0.4 is 5.32 Å². The van der Waals surface area contributed by atoms with Gasteiger partial charge in [0.25, 0.3) is 5.24 Å². The zero-order chi connectivity index (χ0) is 17.6. The van der Waals surface area contributed by atoms with Gasteiger partial charge in [-0.3, -0.25) is 9.59 Å². The van der Waals surface area contributed by atoms with Crippen LogP contribution in [0.1, 0.15) is 24.9 Å². The molecule has 4 nitrogen and oxygen atoms in total. The van der Waals surface area contributed by atoms with Crippen LogP contribution in [0, 0.1) is 0 Å². The van der Waals surface area contributed by atoms with Crippen LogP contribution in [0.2, 0.25) is 0 Å². The standard InChI is InChI=1S/C20H22N2O2S/c1-15(21-19(23)11-12-22-13-14-25-20(22)24)16-7-9-18(10-8-16)17-5-3-2-4-6-17/h2-10,15H,11-14H2,1H3,(H,21,23). The Hall–Kier alpha value is -2.27. The molecule has 25 heavy (non-hydrogen) atoms. The number of hydrogen-bond acceptors (Lipinski definition) is 3. The van der Waals surface area contributed by atoms with Crippen LogP contribution in [0.4, 0.5) is 4.79 Å². The second-order valence-electron chi connectivity index (χ2n) is 6.13. The van der Waals surface area contributed by atoms with E-state index in [2.05, 4.69) is 29.6 Å². The van der Waals surface area contributed by atoms with E-state index in [4.69, 9.17) is 0 Å². The van der Waals surface area contributed by atoms with Crippen molar-refractivity contribution in [2.24, 2.45) is 0 Å². The smallest absolute Gasteiger partial charge is 0.281 e. The van der Waals surface area contributed by atoms with Gasteiger partial charge in [0.1, 0.15) is 0 Å². The molecule has 2 aromatic rings. The first-order chi connectivity index (χ1) is 12.1. The Bertz CT molecular complexity index is 731. The minimum absolute atomic E-state index is 0.0238. The highest BCUT2D eigenvalue weighted by molar-refractivity contribution is 8.13. The normalized spacial score (nSPS) is 15.2. The zero-order valence-corrected chi connectivity index (χ0v) is 15.1. The Morgan fingerprint density at radius 2 is 1.80 bits per heavy atom. The van der Waals surface area contributed by atoms with E-state index in [1.807, 2.05) is 37.3 Å². The molecule has 130 valence electrons. The average molecular weight is 354 g/mol. The minimum atomic E-state index is -0.0547. The summed E-state index contributed by atoms with van der Waals surface area (Å²) in [6, 6.07) is 18.4. The van der Waals surface area contributed by atoms with Crippen molar-refractivity contribution >= 4 is 22.9 Å². The fourth-order valence-electron chi connectivity index (χ4n) is 2.86. The number of nitrogens with zero attached hydrogens (tertiary/aromatic N) is 1. The van der Waals surface area contributed by atoms with E-state index in [9.17, 15) is 9.59 Å². The van der Waals surface area contributed by atoms with E-state index in [0.29, 0.717) is 13.0 Å². The Labute approximate surface area is 152 Å². The summed E-state index contributed by atoms with van der Waals surface area (Å²) in [4.78, 5) is 25.4. The molecular formula is C20H22N2O2S. The van der Waals surface area contributed by atoms with Crippen molar-refractivity contribution in [3.05, 3.63) is 60.2 Å². The van der Waals surface area contributed by atoms with Crippen LogP contribution in [-0.2, 0) is 4.79 Å². The maximum absolute atomic E-state index is 12.1. The number of thioether (sulfide) groups is 1. The highest BCUT2D eigenvalue weighted by atomic mass is 32.2. The number of hydrogen-bond donors (Lipinski definition) is 1. The van der Waals surface area contributed by atoms with Gasteiger partial charge in [-0.05, 0) is 23.6 Å². The molecule has 1 saturated heterocycles. The van der Waals surface area contributed by atoms with E-state index in [-0.39, 0.29) is 17.2 Å². The maximum Gasteiger partial charge on any atom is 0.281 e. The van der Waals surface area contributed by atoms with E-state index in [1.54, 1.807) is 4.90 Å². The second-order valence-corrected chi connectivity index (χ2v) is 7.17. The molecule has 1 atom stereocenters. The first-order valence-corrected chi connectivity index (χ1v) is 9.48. The van der Waals surface area contributed by atoms with Crippen molar-refractivity contribution in [3.63, 3.8) is 0 Å². The lowest BCUT2D eigenvalue weighted by molar-refractivity contribution is -0.121. The molecule has 3 rings (SSSR count). The first-order valence-electron chi connectivity index (χ1n) is 8.50. The van der Waals surface area contributed by atoms with E-state index in [1.165, 1.54) is 17.3 Å². The monoisotopic (exact) mass is 354 g/mol. The molecule has 0 bridgehead atoms. The molecule has 1 aliphatic rings. The topological polar surface area (TPSA) is 49.4 Å². The van der Waals surface area contributed by atoms with Crippen LogP contribution >= 0.6 is 11.8 Å². The van der Waals surface area contributed by atoms with Crippen LogP contribution in [0.25, 0.3) is 11.1 Å². The van der Waals surface area contributed by atoms with E-state index < -0.39 is 0 Å². The Balaban J connectivity index is 1.53. The van der Waals surface area contributed by atoms with Crippen molar-refractivity contribution in [1.82, 2.24) is 10.2 Å². The predicted octanol–water partition coefficient (Wildman–Crippen LogP) is 4.09. The van der Waals surface area contributed by atoms with Gasteiger partial charge in [-0.2, -0.15) is 0 Å². The molecule has 1 aliphatic heterocycles. The first kappa shape index (κ1) is 17.5. The zero-order valence-electron chi connectivity index (χ0n) is 14.3. The highest BCUT2D eigenvalue weighted by Gasteiger charge is 2.21. The summed E-state index contributed by atoms with van der Waals surface area (Å²) in [5, 5.41) is 3.09. The molecule has 0 aromatic heterocycles. The molecule has 1 heterocycles. The molecular weight excluding hydrogens is 332 g/mol. The minimum Gasteiger partial charge on any atom is -0.350 e. The molecule has 2 amide bonds. The van der Waals surface area contributed by atoms with E-state index >= 15 is 0 Å². The summed E-state index contributed by atoms with van der Waals surface area (Å²) in [7, 11) is 0. The molecule has 1 N–H and O–H groups in total. The summed E-state index contributed by atoms with van der Waals surface area (Å²) in [6.45, 7) is 3.22. The molecule has 0 aliphatic carbocycles. The van der Waals surface area contributed by atoms with Crippen molar-refractivity contribution in [2.75, 3.05) is 18.8 Å². The fraction of sp³-hybridized carbons (Fsp3) is 0.300. The quantitative estimate of drug-likeness (QED) is 0.850. The molecule has 0 radical (unpaired) electrons. The lowest BCUT2D eigenvalue weighted by Gasteiger charge is -2.17. The van der Waals surface area contributed by atoms with Crippen molar-refractivity contribution in [2.45, 2.75) is 19.4 Å². The lowest BCUT2D eigenvalue weighted by Crippen LogP contribution is -2.32. The van der Waals surface area contributed by atoms with Crippen molar-refractivity contribution in [1.29, 1.82) is 0 Å². The summed E-state index contributed by atoms with van der Waals surface area (Å²) in [5.74, 6) is 0.800.